The molecule has 0 bridgehead atoms. The molecule has 1 unspecified atom stereocenters. The number of nitrogens with one attached hydrogen (secondary N) is 2. The van der Waals surface area contributed by atoms with E-state index < -0.39 is 42.5 Å². The van der Waals surface area contributed by atoms with Gasteiger partial charge in [-0.1, -0.05) is 24.3 Å². The smallest absolute Gasteiger partial charge is 0.387 e. The van der Waals surface area contributed by atoms with Gasteiger partial charge in [-0.15, -0.1) is 0 Å². The topological polar surface area (TPSA) is 114 Å². The minimum atomic E-state index is -2.99. The molecule has 33 heavy (non-hydrogen) atoms. The van der Waals surface area contributed by atoms with Crippen LogP contribution in [-0.2, 0) is 26.4 Å². The summed E-state index contributed by atoms with van der Waals surface area (Å²) in [7, 11) is 1.27. The Morgan fingerprint density at radius 2 is 1.73 bits per heavy atom. The molecule has 1 fully saturated rings. The number of halogens is 2. The first kappa shape index (κ1) is 23.6. The molecule has 1 saturated heterocycles. The highest BCUT2D eigenvalue weighted by atomic mass is 19.3. The number of carbonyl (C=O) groups is 4. The van der Waals surface area contributed by atoms with Crippen molar-refractivity contribution in [2.45, 2.75) is 25.6 Å². The number of ether oxygens (including phenoxy) is 2. The van der Waals surface area contributed by atoms with Gasteiger partial charge in [0.05, 0.1) is 12.7 Å². The summed E-state index contributed by atoms with van der Waals surface area (Å²) in [6.45, 7) is -1.92. The van der Waals surface area contributed by atoms with Crippen molar-refractivity contribution in [1.29, 1.82) is 0 Å². The molecule has 0 aliphatic carbocycles. The lowest BCUT2D eigenvalue weighted by Crippen LogP contribution is -2.43. The van der Waals surface area contributed by atoms with Crippen LogP contribution in [0, 0.1) is 0 Å². The van der Waals surface area contributed by atoms with Crippen LogP contribution in [0.4, 0.5) is 13.6 Å². The Morgan fingerprint density at radius 3 is 2.30 bits per heavy atom. The first-order chi connectivity index (χ1) is 15.6. The van der Waals surface area contributed by atoms with Crippen molar-refractivity contribution < 1.29 is 37.4 Å². The Hall–Kier alpha value is -4.02. The fraction of sp³-hybridized carbons (Fsp3) is 0.273. The maximum Gasteiger partial charge on any atom is 0.387 e. The molecule has 9 nitrogen and oxygen atoms in total. The lowest BCUT2D eigenvalue weighted by molar-refractivity contribution is -0.134. The van der Waals surface area contributed by atoms with Gasteiger partial charge in [0.25, 0.3) is 5.91 Å². The Balaban J connectivity index is 1.61. The van der Waals surface area contributed by atoms with E-state index in [2.05, 4.69) is 20.1 Å². The first-order valence-corrected chi connectivity index (χ1v) is 9.77. The average Bonchev–Trinajstić information content (AvgIpc) is 3.01. The predicted molar refractivity (Wildman–Crippen MR) is 110 cm³/mol. The standard InChI is InChI=1S/C22H21F2N3O6/c1-22(15-7-9-16(10-8-15)33-20(23)24)19(30)27(21(31)26-22)12-17(28)25-11-13-3-5-14(6-4-13)18(29)32-2/h3-10,20H,11-12H2,1-2H3,(H,25,28)(H,26,31). The molecule has 1 aliphatic rings. The van der Waals surface area contributed by atoms with Gasteiger partial charge in [-0.2, -0.15) is 8.78 Å². The Kier molecular flexibility index (Phi) is 6.90. The maximum atomic E-state index is 12.9. The third-order valence-electron chi connectivity index (χ3n) is 5.10. The number of rotatable bonds is 8. The van der Waals surface area contributed by atoms with Crippen molar-refractivity contribution in [3.8, 4) is 5.75 Å². The quantitative estimate of drug-likeness (QED) is 0.460. The second kappa shape index (κ2) is 9.63. The molecule has 3 rings (SSSR count). The van der Waals surface area contributed by atoms with Crippen molar-refractivity contribution in [3.05, 3.63) is 65.2 Å². The molecular weight excluding hydrogens is 440 g/mol. The third kappa shape index (κ3) is 5.25. The molecule has 1 atom stereocenters. The van der Waals surface area contributed by atoms with Crippen LogP contribution in [0.5, 0.6) is 5.75 Å². The summed E-state index contributed by atoms with van der Waals surface area (Å²) >= 11 is 0. The number of imide groups is 1. The van der Waals surface area contributed by atoms with Crippen molar-refractivity contribution in [2.75, 3.05) is 13.7 Å². The number of alkyl halides is 2. The van der Waals surface area contributed by atoms with Crippen LogP contribution in [0.3, 0.4) is 0 Å². The number of nitrogens with zero attached hydrogens (tertiary/aromatic N) is 1. The molecule has 1 heterocycles. The zero-order valence-electron chi connectivity index (χ0n) is 17.8. The van der Waals surface area contributed by atoms with Crippen LogP contribution in [-0.4, -0.2) is 49.0 Å². The van der Waals surface area contributed by atoms with Gasteiger partial charge in [0, 0.05) is 6.54 Å². The lowest BCUT2D eigenvalue weighted by Gasteiger charge is -2.22. The minimum Gasteiger partial charge on any atom is -0.465 e. The lowest BCUT2D eigenvalue weighted by atomic mass is 9.92. The molecule has 0 saturated carbocycles. The molecule has 4 amide bonds. The van der Waals surface area contributed by atoms with Gasteiger partial charge in [0.1, 0.15) is 17.8 Å². The summed E-state index contributed by atoms with van der Waals surface area (Å²) in [5.41, 5.74) is -0.0648. The number of methoxy groups -OCH3 is 1. The molecule has 1 aliphatic heterocycles. The zero-order valence-corrected chi connectivity index (χ0v) is 17.8. The number of carbonyl (C=O) groups excluding carboxylic acids is 4. The number of benzene rings is 2. The zero-order chi connectivity index (χ0) is 24.2. The monoisotopic (exact) mass is 461 g/mol. The predicted octanol–water partition coefficient (Wildman–Crippen LogP) is 2.16. The Morgan fingerprint density at radius 1 is 1.09 bits per heavy atom. The van der Waals surface area contributed by atoms with Crippen molar-refractivity contribution in [3.63, 3.8) is 0 Å². The van der Waals surface area contributed by atoms with Gasteiger partial charge < -0.3 is 20.1 Å². The van der Waals surface area contributed by atoms with E-state index in [-0.39, 0.29) is 12.3 Å². The molecule has 2 aromatic carbocycles. The summed E-state index contributed by atoms with van der Waals surface area (Å²) in [5, 5.41) is 5.14. The first-order valence-electron chi connectivity index (χ1n) is 9.77. The fourth-order valence-electron chi connectivity index (χ4n) is 3.28. The highest BCUT2D eigenvalue weighted by Gasteiger charge is 2.49. The van der Waals surface area contributed by atoms with Crippen molar-refractivity contribution in [2.24, 2.45) is 0 Å². The highest BCUT2D eigenvalue weighted by molar-refractivity contribution is 6.09. The fourth-order valence-corrected chi connectivity index (χ4v) is 3.28. The molecule has 174 valence electrons. The molecule has 2 aromatic rings. The summed E-state index contributed by atoms with van der Waals surface area (Å²) in [6, 6.07) is 10.9. The SMILES string of the molecule is COC(=O)c1ccc(CNC(=O)CN2C(=O)NC(C)(c3ccc(OC(F)F)cc3)C2=O)cc1. The third-order valence-corrected chi connectivity index (χ3v) is 5.10. The van der Waals surface area contributed by atoms with E-state index in [1.807, 2.05) is 0 Å². The minimum absolute atomic E-state index is 0.0926. The van der Waals surface area contributed by atoms with Crippen LogP contribution >= 0.6 is 0 Å². The molecular formula is C22H21F2N3O6. The van der Waals surface area contributed by atoms with E-state index >= 15 is 0 Å². The van der Waals surface area contributed by atoms with Gasteiger partial charge >= 0.3 is 18.6 Å². The Bertz CT molecular complexity index is 1060. The van der Waals surface area contributed by atoms with Crippen LogP contribution in [0.25, 0.3) is 0 Å². The molecule has 0 aromatic heterocycles. The van der Waals surface area contributed by atoms with Crippen LogP contribution in [0.1, 0.15) is 28.4 Å². The largest absolute Gasteiger partial charge is 0.465 e. The molecule has 0 radical (unpaired) electrons. The van der Waals surface area contributed by atoms with Crippen LogP contribution in [0.2, 0.25) is 0 Å². The van der Waals surface area contributed by atoms with Gasteiger partial charge in [-0.25, -0.2) is 9.59 Å². The van der Waals surface area contributed by atoms with Gasteiger partial charge in [-0.05, 0) is 42.3 Å². The van der Waals surface area contributed by atoms with Gasteiger partial charge in [-0.3, -0.25) is 14.5 Å². The summed E-state index contributed by atoms with van der Waals surface area (Å²) in [4.78, 5) is 49.8. The second-order valence-electron chi connectivity index (χ2n) is 7.31. The number of amides is 4. The van der Waals surface area contributed by atoms with E-state index in [4.69, 9.17) is 0 Å². The number of esters is 1. The molecule has 11 heteroatoms. The van der Waals surface area contributed by atoms with Gasteiger partial charge in [0.15, 0.2) is 0 Å². The second-order valence-corrected chi connectivity index (χ2v) is 7.31. The number of urea groups is 1. The van der Waals surface area contributed by atoms with Gasteiger partial charge in [0.2, 0.25) is 5.91 Å². The van der Waals surface area contributed by atoms with E-state index in [9.17, 15) is 28.0 Å². The maximum absolute atomic E-state index is 12.9. The van der Waals surface area contributed by atoms with Crippen molar-refractivity contribution in [1.82, 2.24) is 15.5 Å². The Labute approximate surface area is 187 Å². The summed E-state index contributed by atoms with van der Waals surface area (Å²) in [5.74, 6) is -1.80. The van der Waals surface area contributed by atoms with Crippen LogP contribution in [0.15, 0.2) is 48.5 Å². The van der Waals surface area contributed by atoms with E-state index in [0.717, 1.165) is 4.90 Å². The van der Waals surface area contributed by atoms with E-state index in [0.29, 0.717) is 16.7 Å². The molecule has 2 N–H and O–H groups in total. The van der Waals surface area contributed by atoms with E-state index in [1.165, 1.54) is 38.3 Å². The molecule has 0 spiro atoms. The number of hydrogen-bond acceptors (Lipinski definition) is 6. The van der Waals surface area contributed by atoms with Crippen molar-refractivity contribution >= 4 is 23.8 Å². The van der Waals surface area contributed by atoms with E-state index in [1.54, 1.807) is 24.3 Å². The summed E-state index contributed by atoms with van der Waals surface area (Å²) in [6.07, 6.45) is 0. The van der Waals surface area contributed by atoms with Crippen LogP contribution < -0.4 is 15.4 Å². The summed E-state index contributed by atoms with van der Waals surface area (Å²) < 4.78 is 33.5. The average molecular weight is 461 g/mol. The normalized spacial score (nSPS) is 17.7. The highest BCUT2D eigenvalue weighted by Crippen LogP contribution is 2.30. The number of hydrogen-bond donors (Lipinski definition) is 2.